The van der Waals surface area contributed by atoms with Gasteiger partial charge in [-0.25, -0.2) is 0 Å². The van der Waals surface area contributed by atoms with Crippen LogP contribution in [-0.4, -0.2) is 5.84 Å². The lowest BCUT2D eigenvalue weighted by molar-refractivity contribution is 0.482. The minimum Gasteiger partial charge on any atom is -0.457 e. The summed E-state index contributed by atoms with van der Waals surface area (Å²) in [6, 6.07) is 11.1. The van der Waals surface area contributed by atoms with Gasteiger partial charge in [0.25, 0.3) is 0 Å². The fourth-order valence-corrected chi connectivity index (χ4v) is 2.41. The predicted octanol–water partition coefficient (Wildman–Crippen LogP) is 4.60. The second kappa shape index (κ2) is 5.75. The van der Waals surface area contributed by atoms with E-state index >= 15 is 0 Å². The first-order chi connectivity index (χ1) is 8.97. The number of nitrogens with one attached hydrogen (secondary N) is 1. The summed E-state index contributed by atoms with van der Waals surface area (Å²) in [6.07, 6.45) is 0. The largest absolute Gasteiger partial charge is 0.457 e. The summed E-state index contributed by atoms with van der Waals surface area (Å²) in [6.45, 7) is 2.01. The normalized spacial score (nSPS) is 10.3. The smallest absolute Gasteiger partial charge is 0.128 e. The Bertz CT molecular complexity index is 641. The van der Waals surface area contributed by atoms with Gasteiger partial charge in [-0.1, -0.05) is 15.9 Å². The molecule has 0 spiro atoms. The van der Waals surface area contributed by atoms with Gasteiger partial charge < -0.3 is 10.5 Å². The van der Waals surface area contributed by atoms with Gasteiger partial charge in [-0.3, -0.25) is 5.41 Å². The van der Waals surface area contributed by atoms with Crippen molar-refractivity contribution < 1.29 is 4.74 Å². The van der Waals surface area contributed by atoms with E-state index in [9.17, 15) is 0 Å². The second-order valence-electron chi connectivity index (χ2n) is 4.07. The van der Waals surface area contributed by atoms with E-state index in [0.717, 1.165) is 20.3 Å². The number of hydrogen-bond acceptors (Lipinski definition) is 2. The number of halogens is 2. The van der Waals surface area contributed by atoms with E-state index in [1.165, 1.54) is 0 Å². The fraction of sp³-hybridized carbons (Fsp3) is 0.0714. The Morgan fingerprint density at radius 1 is 1.05 bits per heavy atom. The molecule has 0 aromatic heterocycles. The molecule has 0 unspecified atom stereocenters. The molecular formula is C14H12Br2N2O. The maximum absolute atomic E-state index is 7.42. The first-order valence-electron chi connectivity index (χ1n) is 5.55. The molecule has 0 fully saturated rings. The number of rotatable bonds is 3. The Balaban J connectivity index is 2.26. The highest BCUT2D eigenvalue weighted by atomic mass is 79.9. The SMILES string of the molecule is Cc1cc(Oc2ccc(C(=N)N)c(Br)c2)ccc1Br. The van der Waals surface area contributed by atoms with Gasteiger partial charge in [0.2, 0.25) is 0 Å². The average molecular weight is 384 g/mol. The van der Waals surface area contributed by atoms with Crippen molar-refractivity contribution in [3.8, 4) is 11.5 Å². The minimum absolute atomic E-state index is 0.0258. The molecule has 0 aliphatic carbocycles. The first kappa shape index (κ1) is 14.1. The van der Waals surface area contributed by atoms with Crippen LogP contribution in [0.3, 0.4) is 0 Å². The van der Waals surface area contributed by atoms with E-state index < -0.39 is 0 Å². The first-order valence-corrected chi connectivity index (χ1v) is 7.14. The number of nitrogens with two attached hydrogens (primary N) is 1. The van der Waals surface area contributed by atoms with Gasteiger partial charge in [0, 0.05) is 14.5 Å². The van der Waals surface area contributed by atoms with Crippen molar-refractivity contribution in [1.82, 2.24) is 0 Å². The Hall–Kier alpha value is -1.33. The number of hydrogen-bond donors (Lipinski definition) is 2. The van der Waals surface area contributed by atoms with Gasteiger partial charge in [-0.15, -0.1) is 0 Å². The Morgan fingerprint density at radius 2 is 1.68 bits per heavy atom. The van der Waals surface area contributed by atoms with E-state index in [1.54, 1.807) is 18.2 Å². The summed E-state index contributed by atoms with van der Waals surface area (Å²) in [5, 5.41) is 7.42. The van der Waals surface area contributed by atoms with Crippen molar-refractivity contribution in [3.05, 3.63) is 56.5 Å². The molecule has 3 nitrogen and oxygen atoms in total. The van der Waals surface area contributed by atoms with Gasteiger partial charge in [0.15, 0.2) is 0 Å². The lowest BCUT2D eigenvalue weighted by atomic mass is 10.2. The third-order valence-corrected chi connectivity index (χ3v) is 4.14. The molecule has 2 aromatic rings. The molecule has 0 saturated carbocycles. The summed E-state index contributed by atoms with van der Waals surface area (Å²) in [5.41, 5.74) is 7.22. The van der Waals surface area contributed by atoms with Crippen molar-refractivity contribution in [2.75, 3.05) is 0 Å². The van der Waals surface area contributed by atoms with Crippen molar-refractivity contribution >= 4 is 37.7 Å². The van der Waals surface area contributed by atoms with Crippen LogP contribution in [0, 0.1) is 12.3 Å². The average Bonchev–Trinajstić information content (AvgIpc) is 2.33. The summed E-state index contributed by atoms with van der Waals surface area (Å²) in [4.78, 5) is 0. The zero-order chi connectivity index (χ0) is 14.0. The highest BCUT2D eigenvalue weighted by Crippen LogP contribution is 2.29. The maximum Gasteiger partial charge on any atom is 0.128 e. The van der Waals surface area contributed by atoms with Crippen LogP contribution in [-0.2, 0) is 0 Å². The van der Waals surface area contributed by atoms with E-state index in [4.69, 9.17) is 15.9 Å². The van der Waals surface area contributed by atoms with Crippen LogP contribution in [0.2, 0.25) is 0 Å². The number of amidine groups is 1. The van der Waals surface area contributed by atoms with Crippen LogP contribution in [0.15, 0.2) is 45.3 Å². The maximum atomic E-state index is 7.42. The number of nitrogen functional groups attached to an aromatic ring is 1. The van der Waals surface area contributed by atoms with Gasteiger partial charge in [-0.2, -0.15) is 0 Å². The fourth-order valence-electron chi connectivity index (χ4n) is 1.59. The van der Waals surface area contributed by atoms with Crippen molar-refractivity contribution in [2.24, 2.45) is 5.73 Å². The summed E-state index contributed by atoms with van der Waals surface area (Å²) in [7, 11) is 0. The Kier molecular flexibility index (Phi) is 4.27. The molecule has 19 heavy (non-hydrogen) atoms. The quantitative estimate of drug-likeness (QED) is 0.601. The van der Waals surface area contributed by atoms with Crippen LogP contribution in [0.5, 0.6) is 11.5 Å². The highest BCUT2D eigenvalue weighted by molar-refractivity contribution is 9.10. The van der Waals surface area contributed by atoms with E-state index in [2.05, 4.69) is 31.9 Å². The summed E-state index contributed by atoms with van der Waals surface area (Å²) < 4.78 is 7.56. The summed E-state index contributed by atoms with van der Waals surface area (Å²) >= 11 is 6.83. The zero-order valence-corrected chi connectivity index (χ0v) is 13.4. The molecule has 5 heteroatoms. The molecule has 0 bridgehead atoms. The van der Waals surface area contributed by atoms with Gasteiger partial charge >= 0.3 is 0 Å². The number of benzene rings is 2. The predicted molar refractivity (Wildman–Crippen MR) is 84.1 cm³/mol. The molecular weight excluding hydrogens is 372 g/mol. The van der Waals surface area contributed by atoms with Crippen LogP contribution >= 0.6 is 31.9 Å². The van der Waals surface area contributed by atoms with Crippen LogP contribution < -0.4 is 10.5 Å². The monoisotopic (exact) mass is 382 g/mol. The highest BCUT2D eigenvalue weighted by Gasteiger charge is 2.06. The standard InChI is InChI=1S/C14H12Br2N2O/c1-8-6-9(3-5-12(8)15)19-10-2-4-11(14(17)18)13(16)7-10/h2-7H,1H3,(H3,17,18). The minimum atomic E-state index is 0.0258. The van der Waals surface area contributed by atoms with Crippen LogP contribution in [0.4, 0.5) is 0 Å². The summed E-state index contributed by atoms with van der Waals surface area (Å²) in [5.74, 6) is 1.49. The molecule has 2 rings (SSSR count). The number of ether oxygens (including phenoxy) is 1. The van der Waals surface area contributed by atoms with Crippen LogP contribution in [0.25, 0.3) is 0 Å². The van der Waals surface area contributed by atoms with Gasteiger partial charge in [0.1, 0.15) is 17.3 Å². The van der Waals surface area contributed by atoms with Gasteiger partial charge in [0.05, 0.1) is 0 Å². The zero-order valence-electron chi connectivity index (χ0n) is 10.2. The second-order valence-corrected chi connectivity index (χ2v) is 5.78. The lowest BCUT2D eigenvalue weighted by Gasteiger charge is -2.09. The molecule has 2 aromatic carbocycles. The molecule has 98 valence electrons. The van der Waals surface area contributed by atoms with Gasteiger partial charge in [-0.05, 0) is 64.8 Å². The number of aryl methyl sites for hydroxylation is 1. The van der Waals surface area contributed by atoms with Crippen molar-refractivity contribution in [2.45, 2.75) is 6.92 Å². The third-order valence-electron chi connectivity index (χ3n) is 2.60. The Morgan fingerprint density at radius 3 is 2.26 bits per heavy atom. The molecule has 0 radical (unpaired) electrons. The lowest BCUT2D eigenvalue weighted by Crippen LogP contribution is -2.11. The molecule has 0 amide bonds. The van der Waals surface area contributed by atoms with E-state index in [0.29, 0.717) is 11.3 Å². The molecule has 0 aliphatic heterocycles. The van der Waals surface area contributed by atoms with E-state index in [-0.39, 0.29) is 5.84 Å². The molecule has 0 aliphatic rings. The molecule has 0 saturated heterocycles. The Labute approximate surface area is 128 Å². The van der Waals surface area contributed by atoms with Crippen LogP contribution in [0.1, 0.15) is 11.1 Å². The van der Waals surface area contributed by atoms with Crippen molar-refractivity contribution in [1.29, 1.82) is 5.41 Å². The molecule has 3 N–H and O–H groups in total. The third kappa shape index (κ3) is 3.36. The molecule has 0 heterocycles. The molecule has 0 atom stereocenters. The topological polar surface area (TPSA) is 59.1 Å². The van der Waals surface area contributed by atoms with E-state index in [1.807, 2.05) is 25.1 Å². The van der Waals surface area contributed by atoms with Crippen molar-refractivity contribution in [3.63, 3.8) is 0 Å².